The van der Waals surface area contributed by atoms with Crippen LogP contribution in [0, 0.1) is 0 Å². The van der Waals surface area contributed by atoms with Crippen molar-refractivity contribution in [3.63, 3.8) is 0 Å². The average Bonchev–Trinajstić information content (AvgIpc) is 1.86. The van der Waals surface area contributed by atoms with E-state index in [0.29, 0.717) is 6.54 Å². The lowest BCUT2D eigenvalue weighted by atomic mass is 9.77. The van der Waals surface area contributed by atoms with Crippen molar-refractivity contribution in [3.8, 4) is 0 Å². The second-order valence-electron chi connectivity index (χ2n) is 3.52. The van der Waals surface area contributed by atoms with Gasteiger partial charge < -0.3 is 15.5 Å². The molecule has 3 nitrogen and oxygen atoms in total. The van der Waals surface area contributed by atoms with Gasteiger partial charge in [0.15, 0.2) is 0 Å². The molecule has 1 rings (SSSR count). The largest absolute Gasteiger partial charge is 0.394 e. The van der Waals surface area contributed by atoms with Crippen LogP contribution in [0.2, 0.25) is 0 Å². The van der Waals surface area contributed by atoms with E-state index in [1.807, 2.05) is 0 Å². The molecule has 3 heteroatoms. The van der Waals surface area contributed by atoms with Crippen LogP contribution in [-0.2, 0) is 0 Å². The summed E-state index contributed by atoms with van der Waals surface area (Å²) in [6.45, 7) is 2.52. The molecule has 1 fully saturated rings. The van der Waals surface area contributed by atoms with Gasteiger partial charge in [-0.2, -0.15) is 0 Å². The van der Waals surface area contributed by atoms with Crippen molar-refractivity contribution < 1.29 is 10.2 Å². The lowest BCUT2D eigenvalue weighted by Crippen LogP contribution is -2.55. The first kappa shape index (κ1) is 8.97. The van der Waals surface area contributed by atoms with Crippen LogP contribution < -0.4 is 5.32 Å². The van der Waals surface area contributed by atoms with Crippen molar-refractivity contribution in [1.82, 2.24) is 5.32 Å². The Morgan fingerprint density at radius 2 is 2.18 bits per heavy atom. The van der Waals surface area contributed by atoms with Crippen LogP contribution in [-0.4, -0.2) is 35.0 Å². The molecule has 0 aromatic rings. The van der Waals surface area contributed by atoms with Crippen LogP contribution in [0.1, 0.15) is 26.2 Å². The third kappa shape index (κ3) is 2.15. The predicted octanol–water partition coefficient (Wildman–Crippen LogP) is -0.128. The van der Waals surface area contributed by atoms with Gasteiger partial charge in [0.2, 0.25) is 0 Å². The second-order valence-corrected chi connectivity index (χ2v) is 3.52. The van der Waals surface area contributed by atoms with Gasteiger partial charge in [0, 0.05) is 12.1 Å². The van der Waals surface area contributed by atoms with Crippen LogP contribution in [0.5, 0.6) is 0 Å². The second kappa shape index (κ2) is 3.52. The molecular weight excluding hydrogens is 142 g/mol. The molecule has 11 heavy (non-hydrogen) atoms. The lowest BCUT2D eigenvalue weighted by molar-refractivity contribution is 0.0723. The summed E-state index contributed by atoms with van der Waals surface area (Å²) in [6, 6.07) is 0. The fourth-order valence-electron chi connectivity index (χ4n) is 1.36. The molecule has 0 amide bonds. The van der Waals surface area contributed by atoms with E-state index in [4.69, 9.17) is 10.2 Å². The summed E-state index contributed by atoms with van der Waals surface area (Å²) in [4.78, 5) is 0. The summed E-state index contributed by atoms with van der Waals surface area (Å²) in [6.07, 6.45) is 2.94. The summed E-state index contributed by atoms with van der Waals surface area (Å²) in [5, 5.41) is 21.2. The summed E-state index contributed by atoms with van der Waals surface area (Å²) in [7, 11) is 0. The Balaban J connectivity index is 2.22. The highest BCUT2D eigenvalue weighted by atomic mass is 16.3. The average molecular weight is 159 g/mol. The molecule has 0 radical (unpaired) electrons. The fraction of sp³-hybridized carbons (Fsp3) is 1.00. The zero-order valence-electron chi connectivity index (χ0n) is 7.01. The van der Waals surface area contributed by atoms with E-state index in [9.17, 15) is 0 Å². The maximum Gasteiger partial charge on any atom is 0.0636 e. The maximum atomic E-state index is 9.01. The minimum atomic E-state index is -0.320. The first-order valence-corrected chi connectivity index (χ1v) is 4.22. The third-order valence-corrected chi connectivity index (χ3v) is 2.39. The Morgan fingerprint density at radius 3 is 2.45 bits per heavy atom. The zero-order valence-corrected chi connectivity index (χ0v) is 7.01. The van der Waals surface area contributed by atoms with Crippen LogP contribution >= 0.6 is 0 Å². The van der Waals surface area contributed by atoms with E-state index in [-0.39, 0.29) is 18.2 Å². The van der Waals surface area contributed by atoms with E-state index in [2.05, 4.69) is 5.32 Å². The molecule has 3 N–H and O–H groups in total. The number of aliphatic hydroxyl groups is 2. The molecule has 0 aromatic heterocycles. The predicted molar refractivity (Wildman–Crippen MR) is 43.4 cm³/mol. The number of hydrogen-bond donors (Lipinski definition) is 3. The zero-order chi connectivity index (χ0) is 8.32. The monoisotopic (exact) mass is 159 g/mol. The summed E-state index contributed by atoms with van der Waals surface area (Å²) >= 11 is 0. The van der Waals surface area contributed by atoms with E-state index >= 15 is 0 Å². The van der Waals surface area contributed by atoms with Crippen LogP contribution in [0.4, 0.5) is 0 Å². The molecule has 0 aliphatic heterocycles. The summed E-state index contributed by atoms with van der Waals surface area (Å²) in [5.74, 6) is 0. The molecule has 66 valence electrons. The van der Waals surface area contributed by atoms with E-state index < -0.39 is 0 Å². The maximum absolute atomic E-state index is 9.01. The number of aliphatic hydroxyl groups excluding tert-OH is 2. The van der Waals surface area contributed by atoms with Gasteiger partial charge in [0.1, 0.15) is 0 Å². The normalized spacial score (nSPS) is 24.3. The van der Waals surface area contributed by atoms with Crippen LogP contribution in [0.3, 0.4) is 0 Å². The molecule has 0 unspecified atom stereocenters. The highest BCUT2D eigenvalue weighted by Gasteiger charge is 2.35. The Kier molecular flexibility index (Phi) is 2.87. The van der Waals surface area contributed by atoms with E-state index in [1.165, 1.54) is 6.42 Å². The quantitative estimate of drug-likeness (QED) is 0.535. The molecule has 1 aliphatic rings. The summed E-state index contributed by atoms with van der Waals surface area (Å²) < 4.78 is 0. The first-order valence-electron chi connectivity index (χ1n) is 4.22. The van der Waals surface area contributed by atoms with Crippen LogP contribution in [0.15, 0.2) is 0 Å². The Bertz CT molecular complexity index is 116. The lowest BCUT2D eigenvalue weighted by Gasteiger charge is -2.41. The first-order chi connectivity index (χ1) is 5.18. The smallest absolute Gasteiger partial charge is 0.0636 e. The highest BCUT2D eigenvalue weighted by Crippen LogP contribution is 2.30. The van der Waals surface area contributed by atoms with E-state index in [1.54, 1.807) is 6.92 Å². The molecule has 0 bridgehead atoms. The molecule has 0 saturated heterocycles. The standard InChI is InChI=1S/C8H17NO2/c1-7(11)5-9-8(6-10)3-2-4-8/h7,9-11H,2-6H2,1H3/t7-/m1/s1. The van der Waals surface area contributed by atoms with Crippen molar-refractivity contribution in [1.29, 1.82) is 0 Å². The Labute approximate surface area is 67.4 Å². The highest BCUT2D eigenvalue weighted by molar-refractivity contribution is 4.95. The van der Waals surface area contributed by atoms with Gasteiger partial charge in [-0.15, -0.1) is 0 Å². The van der Waals surface area contributed by atoms with Crippen molar-refractivity contribution in [2.24, 2.45) is 0 Å². The minimum absolute atomic E-state index is 0.0585. The topological polar surface area (TPSA) is 52.5 Å². The van der Waals surface area contributed by atoms with Gasteiger partial charge in [-0.25, -0.2) is 0 Å². The third-order valence-electron chi connectivity index (χ3n) is 2.39. The molecule has 0 aromatic carbocycles. The van der Waals surface area contributed by atoms with Gasteiger partial charge in [-0.05, 0) is 26.2 Å². The van der Waals surface area contributed by atoms with Crippen molar-refractivity contribution >= 4 is 0 Å². The number of β-amino-alcohol motifs (C(OH)–C–C–N with tert-alkyl or cyclic N) is 1. The van der Waals surface area contributed by atoms with Crippen LogP contribution in [0.25, 0.3) is 0 Å². The molecule has 1 aliphatic carbocycles. The van der Waals surface area contributed by atoms with Gasteiger partial charge in [0.05, 0.1) is 12.7 Å². The SMILES string of the molecule is C[C@@H](O)CNC1(CO)CCC1. The Hall–Kier alpha value is -0.120. The van der Waals surface area contributed by atoms with Crippen molar-refractivity contribution in [2.75, 3.05) is 13.2 Å². The minimum Gasteiger partial charge on any atom is -0.394 e. The number of rotatable bonds is 4. The molecule has 0 spiro atoms. The fourth-order valence-corrected chi connectivity index (χ4v) is 1.36. The Morgan fingerprint density at radius 1 is 1.55 bits per heavy atom. The van der Waals surface area contributed by atoms with Gasteiger partial charge in [-0.1, -0.05) is 0 Å². The van der Waals surface area contributed by atoms with Gasteiger partial charge >= 0.3 is 0 Å². The van der Waals surface area contributed by atoms with E-state index in [0.717, 1.165) is 12.8 Å². The number of hydrogen-bond acceptors (Lipinski definition) is 3. The van der Waals surface area contributed by atoms with Gasteiger partial charge in [-0.3, -0.25) is 0 Å². The molecule has 1 saturated carbocycles. The van der Waals surface area contributed by atoms with Crippen molar-refractivity contribution in [2.45, 2.75) is 37.8 Å². The van der Waals surface area contributed by atoms with Crippen molar-refractivity contribution in [3.05, 3.63) is 0 Å². The summed E-state index contributed by atoms with van der Waals surface area (Å²) in [5.41, 5.74) is -0.0585. The molecular formula is C8H17NO2. The molecule has 1 atom stereocenters. The molecule has 0 heterocycles. The number of nitrogens with one attached hydrogen (secondary N) is 1. The van der Waals surface area contributed by atoms with Gasteiger partial charge in [0.25, 0.3) is 0 Å².